The molecule has 0 unspecified atom stereocenters. The molecule has 3 aromatic carbocycles. The Balaban J connectivity index is 1.39. The van der Waals surface area contributed by atoms with Gasteiger partial charge in [0.25, 0.3) is 0 Å². The Hall–Kier alpha value is -4.18. The molecule has 0 fully saturated rings. The van der Waals surface area contributed by atoms with Gasteiger partial charge in [0, 0.05) is 22.4 Å². The number of ketones is 1. The van der Waals surface area contributed by atoms with Crippen molar-refractivity contribution in [1.82, 2.24) is 0 Å². The normalized spacial score (nSPS) is 15.2. The number of methoxy groups -OCH3 is 1. The van der Waals surface area contributed by atoms with Gasteiger partial charge in [-0.3, -0.25) is 9.59 Å². The summed E-state index contributed by atoms with van der Waals surface area (Å²) in [6.07, 6.45) is -2.50. The molecule has 5 rings (SSSR count). The van der Waals surface area contributed by atoms with Gasteiger partial charge in [0.15, 0.2) is 5.78 Å². The number of fused-ring (bicyclic) bond motifs is 4. The largest absolute Gasteiger partial charge is 0.497 e. The molecule has 9 nitrogen and oxygen atoms in total. The van der Waals surface area contributed by atoms with Crippen molar-refractivity contribution in [2.75, 3.05) is 20.3 Å². The minimum atomic E-state index is -1.32. The van der Waals surface area contributed by atoms with Crippen molar-refractivity contribution in [2.45, 2.75) is 37.9 Å². The molecule has 208 valence electrons. The number of benzene rings is 3. The maximum absolute atomic E-state index is 13.6. The van der Waals surface area contributed by atoms with Crippen LogP contribution in [0.1, 0.15) is 46.7 Å². The van der Waals surface area contributed by atoms with E-state index in [2.05, 4.69) is 0 Å². The third-order valence-corrected chi connectivity index (χ3v) is 7.16. The minimum Gasteiger partial charge on any atom is -0.497 e. The molecular formula is C31H30O9. The van der Waals surface area contributed by atoms with Gasteiger partial charge in [-0.1, -0.05) is 12.1 Å². The highest BCUT2D eigenvalue weighted by atomic mass is 16.5. The van der Waals surface area contributed by atoms with Gasteiger partial charge < -0.3 is 33.9 Å². The SMILES string of the molecule is COc1ccc(CC(=O)Oc2ccc3c4c(oc3c2)C(C)(C)c2cc(OC[C@@H](O)[C@H](O)CO)ccc2C4=O)cc1. The van der Waals surface area contributed by atoms with Crippen molar-refractivity contribution in [3.05, 3.63) is 88.7 Å². The molecule has 0 bridgehead atoms. The fourth-order valence-electron chi connectivity index (χ4n) is 4.88. The predicted molar refractivity (Wildman–Crippen MR) is 145 cm³/mol. The molecule has 9 heteroatoms. The van der Waals surface area contributed by atoms with E-state index in [1.807, 2.05) is 13.8 Å². The van der Waals surface area contributed by atoms with E-state index in [9.17, 15) is 19.8 Å². The maximum atomic E-state index is 13.6. The van der Waals surface area contributed by atoms with Crippen LogP contribution in [-0.4, -0.2) is 59.6 Å². The summed E-state index contributed by atoms with van der Waals surface area (Å²) < 4.78 is 22.5. The number of ether oxygens (including phenoxy) is 3. The Morgan fingerprint density at radius 2 is 1.65 bits per heavy atom. The first-order valence-electron chi connectivity index (χ1n) is 12.8. The highest BCUT2D eigenvalue weighted by molar-refractivity contribution is 6.19. The van der Waals surface area contributed by atoms with Crippen LogP contribution in [-0.2, 0) is 16.6 Å². The second-order valence-electron chi connectivity index (χ2n) is 10.3. The fraction of sp³-hybridized carbons (Fsp3) is 0.290. The van der Waals surface area contributed by atoms with Crippen molar-refractivity contribution in [3.63, 3.8) is 0 Å². The lowest BCUT2D eigenvalue weighted by Gasteiger charge is -2.31. The Kier molecular flexibility index (Phi) is 7.37. The van der Waals surface area contributed by atoms with E-state index in [1.165, 1.54) is 0 Å². The second-order valence-corrected chi connectivity index (χ2v) is 10.3. The van der Waals surface area contributed by atoms with E-state index in [4.69, 9.17) is 23.7 Å². The van der Waals surface area contributed by atoms with E-state index < -0.39 is 30.2 Å². The number of aliphatic hydroxyl groups excluding tert-OH is 3. The lowest BCUT2D eigenvalue weighted by atomic mass is 9.71. The third-order valence-electron chi connectivity index (χ3n) is 7.16. The van der Waals surface area contributed by atoms with Crippen LogP contribution < -0.4 is 14.2 Å². The molecule has 1 aliphatic carbocycles. The highest BCUT2D eigenvalue weighted by Crippen LogP contribution is 2.46. The number of hydrogen-bond acceptors (Lipinski definition) is 9. The van der Waals surface area contributed by atoms with Gasteiger partial charge >= 0.3 is 5.97 Å². The van der Waals surface area contributed by atoms with Crippen molar-refractivity contribution in [3.8, 4) is 17.2 Å². The molecular weight excluding hydrogens is 516 g/mol. The summed E-state index contributed by atoms with van der Waals surface area (Å²) in [5, 5.41) is 29.1. The van der Waals surface area contributed by atoms with E-state index in [0.29, 0.717) is 50.7 Å². The summed E-state index contributed by atoms with van der Waals surface area (Å²) in [7, 11) is 1.58. The molecule has 2 atom stereocenters. The third kappa shape index (κ3) is 5.06. The van der Waals surface area contributed by atoms with E-state index >= 15 is 0 Å². The van der Waals surface area contributed by atoms with Crippen molar-refractivity contribution >= 4 is 22.7 Å². The number of hydrogen-bond donors (Lipinski definition) is 3. The molecule has 1 heterocycles. The summed E-state index contributed by atoms with van der Waals surface area (Å²) in [5.74, 6) is 1.25. The molecule has 40 heavy (non-hydrogen) atoms. The van der Waals surface area contributed by atoms with Crippen molar-refractivity contribution in [2.24, 2.45) is 0 Å². The Labute approximate surface area is 230 Å². The number of aliphatic hydroxyl groups is 3. The first kappa shape index (κ1) is 27.4. The highest BCUT2D eigenvalue weighted by Gasteiger charge is 2.42. The van der Waals surface area contributed by atoms with Gasteiger partial charge in [0.1, 0.15) is 47.4 Å². The predicted octanol–water partition coefficient (Wildman–Crippen LogP) is 3.55. The minimum absolute atomic E-state index is 0.0813. The lowest BCUT2D eigenvalue weighted by molar-refractivity contribution is -0.133. The van der Waals surface area contributed by atoms with Crippen LogP contribution in [0.2, 0.25) is 0 Å². The Bertz CT molecular complexity index is 1570. The van der Waals surface area contributed by atoms with Crippen molar-refractivity contribution < 1.29 is 43.5 Å². The summed E-state index contributed by atoms with van der Waals surface area (Å²) in [6.45, 7) is 3.05. The van der Waals surface area contributed by atoms with Gasteiger partial charge in [0.2, 0.25) is 0 Å². The Morgan fingerprint density at radius 3 is 2.35 bits per heavy atom. The monoisotopic (exact) mass is 546 g/mol. The van der Waals surface area contributed by atoms with Crippen LogP contribution in [0.4, 0.5) is 0 Å². The molecule has 1 aromatic heterocycles. The zero-order valence-electron chi connectivity index (χ0n) is 22.3. The van der Waals surface area contributed by atoms with Crippen LogP contribution in [0.3, 0.4) is 0 Å². The molecule has 0 saturated heterocycles. The van der Waals surface area contributed by atoms with E-state index in [1.54, 1.807) is 67.8 Å². The standard InChI is InChI=1S/C31H30O9/c1-31(2)23-13-19(38-16-25(34)24(33)15-32)8-10-21(23)29(36)28-22-11-9-20(14-26(22)40-30(28)31)39-27(35)12-17-4-6-18(37-3)7-5-17/h4-11,13-14,24-25,32-34H,12,15-16H2,1-3H3/t24-,25-/m1/s1. The van der Waals surface area contributed by atoms with Crippen LogP contribution >= 0.6 is 0 Å². The molecule has 4 aromatic rings. The van der Waals surface area contributed by atoms with Crippen LogP contribution in [0.5, 0.6) is 17.2 Å². The number of furan rings is 1. The number of carbonyl (C=O) groups is 2. The van der Waals surface area contributed by atoms with Crippen LogP contribution in [0, 0.1) is 0 Å². The summed E-state index contributed by atoms with van der Waals surface area (Å²) in [6, 6.07) is 17.1. The number of carbonyl (C=O) groups excluding carboxylic acids is 2. The van der Waals surface area contributed by atoms with Gasteiger partial charge in [-0.15, -0.1) is 0 Å². The van der Waals surface area contributed by atoms with Gasteiger partial charge in [-0.2, -0.15) is 0 Å². The first-order valence-corrected chi connectivity index (χ1v) is 12.8. The van der Waals surface area contributed by atoms with Crippen molar-refractivity contribution in [1.29, 1.82) is 0 Å². The molecule has 0 spiro atoms. The molecule has 0 saturated carbocycles. The average Bonchev–Trinajstić information content (AvgIpc) is 3.35. The quantitative estimate of drug-likeness (QED) is 0.213. The van der Waals surface area contributed by atoms with Gasteiger partial charge in [-0.05, 0) is 67.4 Å². The van der Waals surface area contributed by atoms with Crippen LogP contribution in [0.25, 0.3) is 11.0 Å². The molecule has 1 aliphatic rings. The van der Waals surface area contributed by atoms with E-state index in [-0.39, 0.29) is 18.8 Å². The summed E-state index contributed by atoms with van der Waals surface area (Å²) >= 11 is 0. The fourth-order valence-corrected chi connectivity index (χ4v) is 4.88. The zero-order valence-corrected chi connectivity index (χ0v) is 22.3. The topological polar surface area (TPSA) is 136 Å². The smallest absolute Gasteiger partial charge is 0.315 e. The second kappa shape index (κ2) is 10.8. The summed E-state index contributed by atoms with van der Waals surface area (Å²) in [4.78, 5) is 26.2. The zero-order chi connectivity index (χ0) is 28.6. The lowest BCUT2D eigenvalue weighted by Crippen LogP contribution is -2.34. The first-order chi connectivity index (χ1) is 19.1. The molecule has 0 aliphatic heterocycles. The van der Waals surface area contributed by atoms with Crippen LogP contribution in [0.15, 0.2) is 65.1 Å². The van der Waals surface area contributed by atoms with Gasteiger partial charge in [-0.25, -0.2) is 0 Å². The van der Waals surface area contributed by atoms with E-state index in [0.717, 1.165) is 5.56 Å². The summed E-state index contributed by atoms with van der Waals surface area (Å²) in [5.41, 5.74) is 2.13. The maximum Gasteiger partial charge on any atom is 0.315 e. The number of esters is 1. The average molecular weight is 547 g/mol. The Morgan fingerprint density at radius 1 is 0.950 bits per heavy atom. The molecule has 0 radical (unpaired) electrons. The molecule has 0 amide bonds. The van der Waals surface area contributed by atoms with Gasteiger partial charge in [0.05, 0.1) is 25.7 Å². The number of rotatable bonds is 9. The molecule has 3 N–H and O–H groups in total.